The molecule has 0 radical (unpaired) electrons. The summed E-state index contributed by atoms with van der Waals surface area (Å²) < 4.78 is 20.5. The molecule has 4 rings (SSSR count). The fourth-order valence-electron chi connectivity index (χ4n) is 2.51. The molecule has 0 N–H and O–H groups in total. The van der Waals surface area contributed by atoms with Crippen LogP contribution in [0.2, 0.25) is 0 Å². The van der Waals surface area contributed by atoms with Crippen LogP contribution in [-0.2, 0) is 0 Å². The van der Waals surface area contributed by atoms with Gasteiger partial charge in [0.2, 0.25) is 16.9 Å². The summed E-state index contributed by atoms with van der Waals surface area (Å²) in [6.07, 6.45) is 0. The predicted octanol–water partition coefficient (Wildman–Crippen LogP) is 3.78. The lowest BCUT2D eigenvalue weighted by Crippen LogP contribution is -1.97. The topological polar surface area (TPSA) is 82.0 Å². The molecule has 0 spiro atoms. The predicted molar refractivity (Wildman–Crippen MR) is 94.2 cm³/mol. The highest BCUT2D eigenvalue weighted by Gasteiger charge is 2.19. The summed E-state index contributed by atoms with van der Waals surface area (Å²) in [7, 11) is 0. The average Bonchev–Trinajstić information content (AvgIpc) is 3.22. The van der Waals surface area contributed by atoms with E-state index in [1.165, 1.54) is 23.9 Å². The number of aromatic nitrogens is 6. The Balaban J connectivity index is 1.56. The van der Waals surface area contributed by atoms with Gasteiger partial charge in [-0.2, -0.15) is 4.98 Å². The van der Waals surface area contributed by atoms with Gasteiger partial charge in [0, 0.05) is 17.0 Å². The first-order valence-corrected chi connectivity index (χ1v) is 8.84. The first-order valence-electron chi connectivity index (χ1n) is 7.96. The molecule has 0 unspecified atom stereocenters. The summed E-state index contributed by atoms with van der Waals surface area (Å²) in [5.41, 5.74) is 2.53. The highest BCUT2D eigenvalue weighted by atomic mass is 32.2. The van der Waals surface area contributed by atoms with Crippen LogP contribution in [-0.4, -0.2) is 29.8 Å². The molecule has 1 atom stereocenters. The van der Waals surface area contributed by atoms with Crippen molar-refractivity contribution in [2.75, 3.05) is 0 Å². The Labute approximate surface area is 152 Å². The smallest absolute Gasteiger partial charge is 0.253 e. The zero-order chi connectivity index (χ0) is 18.3. The van der Waals surface area contributed by atoms with Gasteiger partial charge in [-0.1, -0.05) is 11.8 Å². The quantitative estimate of drug-likeness (QED) is 0.506. The molecule has 26 heavy (non-hydrogen) atoms. The van der Waals surface area contributed by atoms with Crippen LogP contribution < -0.4 is 0 Å². The van der Waals surface area contributed by atoms with Crippen LogP contribution in [0.15, 0.2) is 39.9 Å². The van der Waals surface area contributed by atoms with Gasteiger partial charge in [0.1, 0.15) is 5.82 Å². The van der Waals surface area contributed by atoms with Gasteiger partial charge in [0.25, 0.3) is 5.78 Å². The van der Waals surface area contributed by atoms with Gasteiger partial charge < -0.3 is 4.42 Å². The minimum Gasteiger partial charge on any atom is -0.419 e. The number of aryl methyl sites for hydroxylation is 2. The maximum atomic E-state index is 13.0. The molecular weight excluding hydrogens is 355 g/mol. The Kier molecular flexibility index (Phi) is 4.15. The zero-order valence-electron chi connectivity index (χ0n) is 14.3. The highest BCUT2D eigenvalue weighted by Crippen LogP contribution is 2.33. The number of benzene rings is 1. The molecule has 132 valence electrons. The second-order valence-corrected chi connectivity index (χ2v) is 7.17. The Hall–Kier alpha value is -2.81. The number of halogens is 1. The van der Waals surface area contributed by atoms with Crippen molar-refractivity contribution in [1.82, 2.24) is 29.8 Å². The van der Waals surface area contributed by atoms with E-state index in [0.29, 0.717) is 28.3 Å². The minimum absolute atomic E-state index is 0.143. The van der Waals surface area contributed by atoms with Crippen LogP contribution in [0.3, 0.4) is 0 Å². The van der Waals surface area contributed by atoms with Crippen molar-refractivity contribution in [1.29, 1.82) is 0 Å². The Morgan fingerprint density at radius 1 is 1.12 bits per heavy atom. The van der Waals surface area contributed by atoms with Crippen molar-refractivity contribution >= 4 is 17.5 Å². The van der Waals surface area contributed by atoms with Crippen molar-refractivity contribution in [2.45, 2.75) is 31.2 Å². The number of nitrogens with zero attached hydrogens (tertiary/aromatic N) is 6. The van der Waals surface area contributed by atoms with Crippen molar-refractivity contribution in [3.63, 3.8) is 0 Å². The van der Waals surface area contributed by atoms with Gasteiger partial charge in [-0.3, -0.25) is 0 Å². The van der Waals surface area contributed by atoms with Crippen LogP contribution in [0.4, 0.5) is 4.39 Å². The molecule has 0 aliphatic rings. The third-order valence-corrected chi connectivity index (χ3v) is 4.70. The van der Waals surface area contributed by atoms with E-state index in [1.54, 1.807) is 16.6 Å². The number of rotatable bonds is 4. The number of fused-ring (bicyclic) bond motifs is 1. The third kappa shape index (κ3) is 3.17. The zero-order valence-corrected chi connectivity index (χ0v) is 15.2. The van der Waals surface area contributed by atoms with E-state index in [9.17, 15) is 4.39 Å². The molecule has 0 bridgehead atoms. The van der Waals surface area contributed by atoms with Crippen molar-refractivity contribution in [3.05, 3.63) is 53.4 Å². The van der Waals surface area contributed by atoms with Crippen molar-refractivity contribution in [2.24, 2.45) is 0 Å². The fraction of sp³-hybridized carbons (Fsp3) is 0.235. The Morgan fingerprint density at radius 2 is 1.88 bits per heavy atom. The van der Waals surface area contributed by atoms with Gasteiger partial charge in [0.15, 0.2) is 0 Å². The maximum Gasteiger partial charge on any atom is 0.253 e. The van der Waals surface area contributed by atoms with Gasteiger partial charge >= 0.3 is 0 Å². The minimum atomic E-state index is -0.311. The lowest BCUT2D eigenvalue weighted by Gasteiger charge is -2.02. The molecule has 0 saturated carbocycles. The molecule has 4 aromatic rings. The summed E-state index contributed by atoms with van der Waals surface area (Å²) in [5, 5.41) is 13.0. The van der Waals surface area contributed by atoms with Crippen molar-refractivity contribution < 1.29 is 8.81 Å². The van der Waals surface area contributed by atoms with Gasteiger partial charge in [-0.15, -0.1) is 15.3 Å². The molecule has 3 heterocycles. The standard InChI is InChI=1S/C17H15FN6OS/c1-9-8-10(2)24-16(19-9)20-17(23-24)26-11(3)14-21-22-15(25-14)12-4-6-13(18)7-5-12/h4-8,11H,1-3H3/t11-/m0/s1. The van der Waals surface area contributed by atoms with Gasteiger partial charge in [-0.25, -0.2) is 13.9 Å². The number of hydrogen-bond acceptors (Lipinski definition) is 7. The van der Waals surface area contributed by atoms with E-state index in [4.69, 9.17) is 4.42 Å². The molecule has 1 aromatic carbocycles. The largest absolute Gasteiger partial charge is 0.419 e. The van der Waals surface area contributed by atoms with Gasteiger partial charge in [0.05, 0.1) is 5.25 Å². The number of hydrogen-bond donors (Lipinski definition) is 0. The van der Waals surface area contributed by atoms with E-state index >= 15 is 0 Å². The fourth-order valence-corrected chi connectivity index (χ4v) is 3.29. The van der Waals surface area contributed by atoms with Crippen LogP contribution >= 0.6 is 11.8 Å². The van der Waals surface area contributed by atoms with E-state index < -0.39 is 0 Å². The average molecular weight is 370 g/mol. The van der Waals surface area contributed by atoms with E-state index in [2.05, 4.69) is 25.3 Å². The van der Waals surface area contributed by atoms with Crippen LogP contribution in [0.25, 0.3) is 17.2 Å². The van der Waals surface area contributed by atoms with Gasteiger partial charge in [-0.05, 0) is 51.1 Å². The third-order valence-electron chi connectivity index (χ3n) is 3.76. The molecule has 9 heteroatoms. The molecule has 0 aliphatic heterocycles. The summed E-state index contributed by atoms with van der Waals surface area (Å²) in [5.74, 6) is 1.06. The van der Waals surface area contributed by atoms with E-state index in [0.717, 1.165) is 11.4 Å². The highest BCUT2D eigenvalue weighted by molar-refractivity contribution is 7.99. The van der Waals surface area contributed by atoms with E-state index in [-0.39, 0.29) is 11.1 Å². The molecule has 0 aliphatic carbocycles. The second-order valence-electron chi connectivity index (χ2n) is 5.86. The van der Waals surface area contributed by atoms with Crippen LogP contribution in [0, 0.1) is 19.7 Å². The van der Waals surface area contributed by atoms with Crippen LogP contribution in [0.5, 0.6) is 0 Å². The molecule has 7 nitrogen and oxygen atoms in total. The van der Waals surface area contributed by atoms with E-state index in [1.807, 2.05) is 26.8 Å². The normalized spacial score (nSPS) is 12.6. The summed E-state index contributed by atoms with van der Waals surface area (Å²) in [6, 6.07) is 7.87. The molecule has 3 aromatic heterocycles. The molecule has 0 amide bonds. The molecule has 0 fully saturated rings. The lowest BCUT2D eigenvalue weighted by molar-refractivity contribution is 0.509. The molecule has 0 saturated heterocycles. The SMILES string of the molecule is Cc1cc(C)n2nc(S[C@@H](C)c3nnc(-c4ccc(F)cc4)o3)nc2n1. The first-order chi connectivity index (χ1) is 12.5. The first kappa shape index (κ1) is 16.6. The van der Waals surface area contributed by atoms with Crippen molar-refractivity contribution in [3.8, 4) is 11.5 Å². The second kappa shape index (κ2) is 6.49. The summed E-state index contributed by atoms with van der Waals surface area (Å²) >= 11 is 1.41. The lowest BCUT2D eigenvalue weighted by atomic mass is 10.2. The maximum absolute atomic E-state index is 13.0. The summed E-state index contributed by atoms with van der Waals surface area (Å²) in [6.45, 7) is 5.82. The Bertz CT molecular complexity index is 1070. The monoisotopic (exact) mass is 370 g/mol. The molecular formula is C17H15FN6OS. The van der Waals surface area contributed by atoms with Crippen LogP contribution in [0.1, 0.15) is 29.5 Å². The number of thioether (sulfide) groups is 1. The summed E-state index contributed by atoms with van der Waals surface area (Å²) in [4.78, 5) is 8.83. The Morgan fingerprint density at radius 3 is 2.65 bits per heavy atom.